The minimum absolute atomic E-state index is 0.0406. The van der Waals surface area contributed by atoms with Crippen molar-refractivity contribution in [1.82, 2.24) is 9.55 Å². The summed E-state index contributed by atoms with van der Waals surface area (Å²) in [5.41, 5.74) is 3.20. The van der Waals surface area contributed by atoms with E-state index in [0.717, 1.165) is 28.3 Å². The zero-order valence-corrected chi connectivity index (χ0v) is 18.3. The third kappa shape index (κ3) is 4.05. The van der Waals surface area contributed by atoms with Crippen molar-refractivity contribution in [1.29, 1.82) is 0 Å². The predicted molar refractivity (Wildman–Crippen MR) is 122 cm³/mol. The van der Waals surface area contributed by atoms with Crippen LogP contribution in [-0.2, 0) is 0 Å². The van der Waals surface area contributed by atoms with Gasteiger partial charge in [-0.1, -0.05) is 0 Å². The van der Waals surface area contributed by atoms with Crippen molar-refractivity contribution in [3.05, 3.63) is 66.9 Å². The second kappa shape index (κ2) is 8.93. The van der Waals surface area contributed by atoms with Gasteiger partial charge < -0.3 is 24.1 Å². The Bertz CT molecular complexity index is 1210. The molecule has 0 saturated carbocycles. The van der Waals surface area contributed by atoms with Crippen molar-refractivity contribution in [3.8, 4) is 57.1 Å². The fraction of sp³-hybridized carbons (Fsp3) is 0.160. The molecular formula is C25H24N2O5. The van der Waals surface area contributed by atoms with E-state index in [2.05, 4.69) is 0 Å². The summed E-state index contributed by atoms with van der Waals surface area (Å²) in [7, 11) is 6.37. The van der Waals surface area contributed by atoms with Gasteiger partial charge in [0.25, 0.3) is 0 Å². The molecule has 0 radical (unpaired) electrons. The Labute approximate surface area is 186 Å². The van der Waals surface area contributed by atoms with Gasteiger partial charge in [-0.05, 0) is 54.6 Å². The van der Waals surface area contributed by atoms with Gasteiger partial charge in [-0.3, -0.25) is 4.57 Å². The van der Waals surface area contributed by atoms with Crippen LogP contribution < -0.4 is 18.9 Å². The topological polar surface area (TPSA) is 75.0 Å². The summed E-state index contributed by atoms with van der Waals surface area (Å²) < 4.78 is 23.3. The SMILES string of the molecule is COc1ccc(-n2cc(-c3cc(OC)cc(OC)c3)nc2-c2ccc(OC)c(O)c2)cc1. The number of methoxy groups -OCH3 is 4. The number of nitrogens with zero attached hydrogens (tertiary/aromatic N) is 2. The predicted octanol–water partition coefficient (Wildman–Crippen LogP) is 4.95. The normalized spacial score (nSPS) is 10.6. The first-order valence-electron chi connectivity index (χ1n) is 9.91. The Morgan fingerprint density at radius 1 is 0.688 bits per heavy atom. The fourth-order valence-corrected chi connectivity index (χ4v) is 3.45. The van der Waals surface area contributed by atoms with Crippen molar-refractivity contribution in [3.63, 3.8) is 0 Å². The average Bonchev–Trinajstić information content (AvgIpc) is 3.29. The van der Waals surface area contributed by atoms with Crippen molar-refractivity contribution in [2.24, 2.45) is 0 Å². The van der Waals surface area contributed by atoms with Gasteiger partial charge in [-0.25, -0.2) is 4.98 Å². The molecule has 0 spiro atoms. The molecule has 0 amide bonds. The summed E-state index contributed by atoms with van der Waals surface area (Å²) in [6, 6.07) is 18.5. The Balaban J connectivity index is 1.89. The first kappa shape index (κ1) is 21.1. The minimum Gasteiger partial charge on any atom is -0.504 e. The number of imidazole rings is 1. The van der Waals surface area contributed by atoms with E-state index in [1.54, 1.807) is 33.5 Å². The molecule has 0 saturated heterocycles. The van der Waals surface area contributed by atoms with Gasteiger partial charge in [0.2, 0.25) is 0 Å². The van der Waals surface area contributed by atoms with Gasteiger partial charge >= 0.3 is 0 Å². The summed E-state index contributed by atoms with van der Waals surface area (Å²) >= 11 is 0. The van der Waals surface area contributed by atoms with Crippen LogP contribution in [0.2, 0.25) is 0 Å². The van der Waals surface area contributed by atoms with Crippen LogP contribution >= 0.6 is 0 Å². The molecule has 0 aliphatic heterocycles. The molecule has 164 valence electrons. The molecule has 4 aromatic rings. The van der Waals surface area contributed by atoms with Gasteiger partial charge in [0.15, 0.2) is 11.5 Å². The molecule has 32 heavy (non-hydrogen) atoms. The second-order valence-electron chi connectivity index (χ2n) is 7.01. The monoisotopic (exact) mass is 432 g/mol. The first-order chi connectivity index (χ1) is 15.6. The highest BCUT2D eigenvalue weighted by molar-refractivity contribution is 5.71. The summed E-state index contributed by atoms with van der Waals surface area (Å²) in [6.45, 7) is 0. The molecule has 0 atom stereocenters. The van der Waals surface area contributed by atoms with Crippen LogP contribution in [0.5, 0.6) is 28.7 Å². The molecule has 1 N–H and O–H groups in total. The number of hydrogen-bond donors (Lipinski definition) is 1. The van der Waals surface area contributed by atoms with Gasteiger partial charge in [0, 0.05) is 29.1 Å². The summed E-state index contributed by atoms with van der Waals surface area (Å²) in [5.74, 6) is 3.19. The smallest absolute Gasteiger partial charge is 0.160 e. The lowest BCUT2D eigenvalue weighted by atomic mass is 10.1. The molecule has 0 aliphatic rings. The lowest BCUT2D eigenvalue weighted by Gasteiger charge is -2.10. The maximum atomic E-state index is 10.3. The van der Waals surface area contributed by atoms with Crippen LogP contribution in [0.1, 0.15) is 0 Å². The second-order valence-corrected chi connectivity index (χ2v) is 7.01. The van der Waals surface area contributed by atoms with E-state index in [9.17, 15) is 5.11 Å². The Morgan fingerprint density at radius 3 is 1.91 bits per heavy atom. The van der Waals surface area contributed by atoms with E-state index in [0.29, 0.717) is 23.1 Å². The van der Waals surface area contributed by atoms with Crippen LogP contribution in [-0.4, -0.2) is 43.1 Å². The molecule has 3 aromatic carbocycles. The third-order valence-electron chi connectivity index (χ3n) is 5.14. The van der Waals surface area contributed by atoms with Crippen molar-refractivity contribution in [2.45, 2.75) is 0 Å². The van der Waals surface area contributed by atoms with Crippen LogP contribution in [0.4, 0.5) is 0 Å². The molecule has 0 aliphatic carbocycles. The van der Waals surface area contributed by atoms with E-state index in [1.165, 1.54) is 7.11 Å². The Kier molecular flexibility index (Phi) is 5.89. The number of phenolic OH excluding ortho intramolecular Hbond substituents is 1. The van der Waals surface area contributed by atoms with Crippen LogP contribution in [0.25, 0.3) is 28.3 Å². The number of phenols is 1. The molecule has 1 heterocycles. The highest BCUT2D eigenvalue weighted by Crippen LogP contribution is 2.35. The van der Waals surface area contributed by atoms with Crippen molar-refractivity contribution >= 4 is 0 Å². The van der Waals surface area contributed by atoms with Gasteiger partial charge in [-0.15, -0.1) is 0 Å². The molecule has 0 fully saturated rings. The van der Waals surface area contributed by atoms with Gasteiger partial charge in [-0.2, -0.15) is 0 Å². The lowest BCUT2D eigenvalue weighted by molar-refractivity contribution is 0.373. The maximum absolute atomic E-state index is 10.3. The molecule has 7 heteroatoms. The zero-order valence-electron chi connectivity index (χ0n) is 18.3. The van der Waals surface area contributed by atoms with Gasteiger partial charge in [0.1, 0.15) is 23.1 Å². The van der Waals surface area contributed by atoms with E-state index >= 15 is 0 Å². The lowest BCUT2D eigenvalue weighted by Crippen LogP contribution is -1.96. The summed E-state index contributed by atoms with van der Waals surface area (Å²) in [5, 5.41) is 10.3. The number of hydrogen-bond acceptors (Lipinski definition) is 6. The van der Waals surface area contributed by atoms with Crippen molar-refractivity contribution in [2.75, 3.05) is 28.4 Å². The highest BCUT2D eigenvalue weighted by atomic mass is 16.5. The third-order valence-corrected chi connectivity index (χ3v) is 5.14. The first-order valence-corrected chi connectivity index (χ1v) is 9.91. The molecular weight excluding hydrogens is 408 g/mol. The molecule has 4 rings (SSSR count). The Morgan fingerprint density at radius 2 is 1.34 bits per heavy atom. The quantitative estimate of drug-likeness (QED) is 0.446. The number of benzene rings is 3. The molecule has 7 nitrogen and oxygen atoms in total. The summed E-state index contributed by atoms with van der Waals surface area (Å²) in [6.07, 6.45) is 1.94. The van der Waals surface area contributed by atoms with E-state index in [1.807, 2.05) is 59.3 Å². The molecule has 1 aromatic heterocycles. The maximum Gasteiger partial charge on any atom is 0.160 e. The summed E-state index contributed by atoms with van der Waals surface area (Å²) in [4.78, 5) is 4.89. The van der Waals surface area contributed by atoms with Gasteiger partial charge in [0.05, 0.1) is 34.1 Å². The number of aromatic nitrogens is 2. The fourth-order valence-electron chi connectivity index (χ4n) is 3.45. The number of aromatic hydroxyl groups is 1. The van der Waals surface area contributed by atoms with E-state index in [-0.39, 0.29) is 5.75 Å². The average molecular weight is 432 g/mol. The molecule has 0 bridgehead atoms. The van der Waals surface area contributed by atoms with Crippen molar-refractivity contribution < 1.29 is 24.1 Å². The number of ether oxygens (including phenoxy) is 4. The van der Waals surface area contributed by atoms with E-state index in [4.69, 9.17) is 23.9 Å². The minimum atomic E-state index is 0.0406. The standard InChI is InChI=1S/C25H24N2O5/c1-29-19-8-6-18(7-9-19)27-15-22(17-11-20(30-2)14-21(12-17)31-3)26-25(27)16-5-10-24(32-4)23(28)13-16/h5-15,28H,1-4H3. The largest absolute Gasteiger partial charge is 0.504 e. The van der Waals surface area contributed by atoms with E-state index < -0.39 is 0 Å². The zero-order chi connectivity index (χ0) is 22.7. The Hall–Kier alpha value is -4.13. The highest BCUT2D eigenvalue weighted by Gasteiger charge is 2.16. The van der Waals surface area contributed by atoms with Crippen LogP contribution in [0, 0.1) is 0 Å². The van der Waals surface area contributed by atoms with Crippen LogP contribution in [0.3, 0.4) is 0 Å². The van der Waals surface area contributed by atoms with Crippen LogP contribution in [0.15, 0.2) is 66.9 Å². The molecule has 0 unspecified atom stereocenters. The number of rotatable bonds is 7.